The van der Waals surface area contributed by atoms with E-state index in [1.807, 2.05) is 37.4 Å². The maximum absolute atomic E-state index is 13.1. The van der Waals surface area contributed by atoms with Gasteiger partial charge in [0, 0.05) is 39.1 Å². The highest BCUT2D eigenvalue weighted by molar-refractivity contribution is 6.01. The zero-order valence-electron chi connectivity index (χ0n) is 17.4. The molecule has 0 saturated carbocycles. The van der Waals surface area contributed by atoms with Crippen LogP contribution in [0.2, 0.25) is 0 Å². The van der Waals surface area contributed by atoms with Gasteiger partial charge in [0.2, 0.25) is 5.91 Å². The Bertz CT molecular complexity index is 1120. The molecular weight excluding hydrogens is 394 g/mol. The first-order chi connectivity index (χ1) is 15.0. The van der Waals surface area contributed by atoms with Crippen LogP contribution >= 0.6 is 0 Å². The van der Waals surface area contributed by atoms with E-state index in [0.29, 0.717) is 30.3 Å². The van der Waals surface area contributed by atoms with Crippen LogP contribution in [0, 0.1) is 0 Å². The van der Waals surface area contributed by atoms with Gasteiger partial charge >= 0.3 is 0 Å². The Balaban J connectivity index is 1.70. The number of likely N-dealkylation sites (N-methyl/N-ethyl adjacent to an activating group) is 1. The van der Waals surface area contributed by atoms with E-state index >= 15 is 0 Å². The number of anilines is 2. The van der Waals surface area contributed by atoms with Gasteiger partial charge in [0.1, 0.15) is 12.4 Å². The number of nitrogens with zero attached hydrogens (tertiary/aromatic N) is 3. The van der Waals surface area contributed by atoms with Crippen LogP contribution in [-0.2, 0) is 11.3 Å². The van der Waals surface area contributed by atoms with Crippen LogP contribution in [0.15, 0.2) is 55.0 Å². The minimum atomic E-state index is -0.228. The fourth-order valence-corrected chi connectivity index (χ4v) is 3.43. The van der Waals surface area contributed by atoms with E-state index in [2.05, 4.69) is 25.5 Å². The van der Waals surface area contributed by atoms with Crippen molar-refractivity contribution in [3.8, 4) is 16.9 Å². The summed E-state index contributed by atoms with van der Waals surface area (Å²) >= 11 is 0. The molecule has 0 saturated heterocycles. The molecule has 31 heavy (non-hydrogen) atoms. The highest BCUT2D eigenvalue weighted by Crippen LogP contribution is 2.39. The molecule has 0 aliphatic carbocycles. The quantitative estimate of drug-likeness (QED) is 0.663. The third-order valence-corrected chi connectivity index (χ3v) is 4.97. The molecule has 8 heteroatoms. The maximum atomic E-state index is 13.1. The SMILES string of the molecule is CC(=O)Nc1cc(-c2cc(C(=O)NCc3cccnc3)c3c(c2)N(C)CCO3)ccn1. The summed E-state index contributed by atoms with van der Waals surface area (Å²) in [5.74, 6) is 0.597. The van der Waals surface area contributed by atoms with Crippen molar-refractivity contribution in [2.45, 2.75) is 13.5 Å². The fourth-order valence-electron chi connectivity index (χ4n) is 3.43. The van der Waals surface area contributed by atoms with Crippen molar-refractivity contribution in [2.75, 3.05) is 30.4 Å². The number of hydrogen-bond donors (Lipinski definition) is 2. The molecule has 8 nitrogen and oxygen atoms in total. The van der Waals surface area contributed by atoms with Gasteiger partial charge in [-0.15, -0.1) is 0 Å². The molecule has 2 aromatic heterocycles. The number of benzene rings is 1. The van der Waals surface area contributed by atoms with Gasteiger partial charge in [0.15, 0.2) is 5.75 Å². The van der Waals surface area contributed by atoms with E-state index in [4.69, 9.17) is 4.74 Å². The Morgan fingerprint density at radius 3 is 2.81 bits per heavy atom. The predicted octanol–water partition coefficient (Wildman–Crippen LogP) is 2.86. The molecule has 3 aromatic rings. The summed E-state index contributed by atoms with van der Waals surface area (Å²) < 4.78 is 5.88. The lowest BCUT2D eigenvalue weighted by Gasteiger charge is -2.30. The van der Waals surface area contributed by atoms with Crippen molar-refractivity contribution in [3.05, 3.63) is 66.1 Å². The number of pyridine rings is 2. The Labute approximate surface area is 180 Å². The smallest absolute Gasteiger partial charge is 0.255 e. The van der Waals surface area contributed by atoms with Crippen molar-refractivity contribution in [1.82, 2.24) is 15.3 Å². The summed E-state index contributed by atoms with van der Waals surface area (Å²) in [6.45, 7) is 3.03. The zero-order valence-corrected chi connectivity index (χ0v) is 17.4. The van der Waals surface area contributed by atoms with Gasteiger partial charge in [-0.05, 0) is 47.0 Å². The third-order valence-electron chi connectivity index (χ3n) is 4.97. The average Bonchev–Trinajstić information content (AvgIpc) is 2.77. The minimum Gasteiger partial charge on any atom is -0.489 e. The summed E-state index contributed by atoms with van der Waals surface area (Å²) in [5.41, 5.74) is 3.88. The summed E-state index contributed by atoms with van der Waals surface area (Å²) in [5, 5.41) is 5.64. The fraction of sp³-hybridized carbons (Fsp3) is 0.217. The van der Waals surface area contributed by atoms with Crippen molar-refractivity contribution < 1.29 is 14.3 Å². The van der Waals surface area contributed by atoms with Gasteiger partial charge in [-0.25, -0.2) is 4.98 Å². The molecule has 0 unspecified atom stereocenters. The molecule has 0 atom stereocenters. The van der Waals surface area contributed by atoms with E-state index < -0.39 is 0 Å². The van der Waals surface area contributed by atoms with Crippen molar-refractivity contribution >= 4 is 23.3 Å². The molecule has 0 fully saturated rings. The van der Waals surface area contributed by atoms with Crippen LogP contribution in [0.1, 0.15) is 22.8 Å². The number of hydrogen-bond acceptors (Lipinski definition) is 6. The highest BCUT2D eigenvalue weighted by Gasteiger charge is 2.24. The second-order valence-corrected chi connectivity index (χ2v) is 7.30. The van der Waals surface area contributed by atoms with Crippen LogP contribution in [0.3, 0.4) is 0 Å². The topological polar surface area (TPSA) is 96.5 Å². The van der Waals surface area contributed by atoms with E-state index in [1.165, 1.54) is 6.92 Å². The number of rotatable bonds is 5. The number of amides is 2. The molecular formula is C23H23N5O3. The minimum absolute atomic E-state index is 0.196. The number of aromatic nitrogens is 2. The largest absolute Gasteiger partial charge is 0.489 e. The lowest BCUT2D eigenvalue weighted by molar-refractivity contribution is -0.114. The number of fused-ring (bicyclic) bond motifs is 1. The summed E-state index contributed by atoms with van der Waals surface area (Å²) in [4.78, 5) is 34.8. The van der Waals surface area contributed by atoms with E-state index in [9.17, 15) is 9.59 Å². The van der Waals surface area contributed by atoms with E-state index in [0.717, 1.165) is 28.9 Å². The van der Waals surface area contributed by atoms with Gasteiger partial charge in [0.05, 0.1) is 17.8 Å². The molecule has 158 valence electrons. The molecule has 4 rings (SSSR count). The first-order valence-corrected chi connectivity index (χ1v) is 9.94. The van der Waals surface area contributed by atoms with Crippen molar-refractivity contribution in [3.63, 3.8) is 0 Å². The summed E-state index contributed by atoms with van der Waals surface area (Å²) in [6, 6.07) is 11.2. The third kappa shape index (κ3) is 4.63. The number of carbonyl (C=O) groups is 2. The van der Waals surface area contributed by atoms with E-state index in [-0.39, 0.29) is 11.8 Å². The normalized spacial score (nSPS) is 12.5. The molecule has 2 N–H and O–H groups in total. The Morgan fingerprint density at radius 2 is 2.03 bits per heavy atom. The van der Waals surface area contributed by atoms with Gasteiger partial charge in [-0.2, -0.15) is 0 Å². The first kappa shape index (κ1) is 20.3. The Kier molecular flexibility index (Phi) is 5.79. The van der Waals surface area contributed by atoms with Crippen LogP contribution in [-0.4, -0.2) is 42.0 Å². The molecule has 1 aliphatic heterocycles. The second-order valence-electron chi connectivity index (χ2n) is 7.30. The van der Waals surface area contributed by atoms with Crippen molar-refractivity contribution in [2.24, 2.45) is 0 Å². The second kappa shape index (κ2) is 8.83. The zero-order chi connectivity index (χ0) is 21.8. The van der Waals surface area contributed by atoms with Gasteiger partial charge < -0.3 is 20.3 Å². The summed E-state index contributed by atoms with van der Waals surface area (Å²) in [7, 11) is 1.97. The molecule has 2 amide bonds. The van der Waals surface area contributed by atoms with Crippen LogP contribution in [0.4, 0.5) is 11.5 Å². The predicted molar refractivity (Wildman–Crippen MR) is 118 cm³/mol. The lowest BCUT2D eigenvalue weighted by Crippen LogP contribution is -2.31. The number of carbonyl (C=O) groups excluding carboxylic acids is 2. The van der Waals surface area contributed by atoms with Crippen LogP contribution < -0.4 is 20.3 Å². The monoisotopic (exact) mass is 417 g/mol. The summed E-state index contributed by atoms with van der Waals surface area (Å²) in [6.07, 6.45) is 5.04. The van der Waals surface area contributed by atoms with E-state index in [1.54, 1.807) is 24.7 Å². The molecule has 0 spiro atoms. The molecule has 0 bridgehead atoms. The van der Waals surface area contributed by atoms with Gasteiger partial charge in [0.25, 0.3) is 5.91 Å². The first-order valence-electron chi connectivity index (χ1n) is 9.94. The molecule has 0 radical (unpaired) electrons. The average molecular weight is 417 g/mol. The van der Waals surface area contributed by atoms with Crippen LogP contribution in [0.5, 0.6) is 5.75 Å². The molecule has 3 heterocycles. The standard InChI is InChI=1S/C23H23N5O3/c1-15(29)27-21-12-17(5-7-25-21)18-10-19(22-20(11-18)28(2)8-9-31-22)23(30)26-14-16-4-3-6-24-13-16/h3-7,10-13H,8-9,14H2,1-2H3,(H,26,30)(H,25,27,29). The van der Waals surface area contributed by atoms with Gasteiger partial charge in [-0.3, -0.25) is 14.6 Å². The number of nitrogens with one attached hydrogen (secondary N) is 2. The van der Waals surface area contributed by atoms with Crippen LogP contribution in [0.25, 0.3) is 11.1 Å². The highest BCUT2D eigenvalue weighted by atomic mass is 16.5. The molecule has 1 aromatic carbocycles. The maximum Gasteiger partial charge on any atom is 0.255 e. The Hall–Kier alpha value is -3.94. The molecule has 1 aliphatic rings. The Morgan fingerprint density at radius 1 is 1.16 bits per heavy atom. The van der Waals surface area contributed by atoms with Gasteiger partial charge in [-0.1, -0.05) is 6.07 Å². The lowest BCUT2D eigenvalue weighted by atomic mass is 10.00. The van der Waals surface area contributed by atoms with Crippen molar-refractivity contribution in [1.29, 1.82) is 0 Å². The number of ether oxygens (including phenoxy) is 1.